The van der Waals surface area contributed by atoms with Gasteiger partial charge in [0, 0.05) is 65.0 Å². The fraction of sp³-hybridized carbons (Fsp3) is 0.280. The van der Waals surface area contributed by atoms with Crippen molar-refractivity contribution in [2.24, 2.45) is 0 Å². The zero-order valence-electron chi connectivity index (χ0n) is 18.8. The SMILES string of the molecule is CCCn1cc(C)c2c(C(=O)NCc3c(C)cc(C)[nH]c3=O)cc(-c3ncccn3)cc21. The number of hydrogen-bond acceptors (Lipinski definition) is 4. The Hall–Kier alpha value is -3.74. The molecule has 32 heavy (non-hydrogen) atoms. The van der Waals surface area contributed by atoms with Gasteiger partial charge in [-0.1, -0.05) is 6.92 Å². The van der Waals surface area contributed by atoms with Crippen molar-refractivity contribution >= 4 is 16.8 Å². The highest BCUT2D eigenvalue weighted by atomic mass is 16.1. The molecule has 0 atom stereocenters. The summed E-state index contributed by atoms with van der Waals surface area (Å²) in [5.74, 6) is 0.334. The molecule has 0 saturated carbocycles. The van der Waals surface area contributed by atoms with Crippen molar-refractivity contribution < 1.29 is 4.79 Å². The minimum atomic E-state index is -0.232. The highest BCUT2D eigenvalue weighted by Gasteiger charge is 2.19. The fourth-order valence-corrected chi connectivity index (χ4v) is 4.18. The van der Waals surface area contributed by atoms with Crippen molar-refractivity contribution in [3.05, 3.63) is 81.2 Å². The molecule has 0 radical (unpaired) electrons. The number of pyridine rings is 1. The van der Waals surface area contributed by atoms with Crippen LogP contribution in [-0.4, -0.2) is 25.4 Å². The van der Waals surface area contributed by atoms with Crippen LogP contribution in [0, 0.1) is 20.8 Å². The molecule has 0 bridgehead atoms. The molecule has 0 aliphatic carbocycles. The third-order valence-corrected chi connectivity index (χ3v) is 5.62. The van der Waals surface area contributed by atoms with Crippen LogP contribution in [-0.2, 0) is 13.1 Å². The number of aromatic amines is 1. The molecular formula is C25H27N5O2. The molecule has 4 rings (SSSR count). The van der Waals surface area contributed by atoms with Crippen molar-refractivity contribution in [2.45, 2.75) is 47.2 Å². The van der Waals surface area contributed by atoms with E-state index in [2.05, 4.69) is 38.0 Å². The summed E-state index contributed by atoms with van der Waals surface area (Å²) in [5.41, 5.74) is 5.38. The van der Waals surface area contributed by atoms with Gasteiger partial charge in [0.05, 0.1) is 0 Å². The lowest BCUT2D eigenvalue weighted by molar-refractivity contribution is 0.0952. The first kappa shape index (κ1) is 21.5. The number of carbonyl (C=O) groups excluding carboxylic acids is 1. The minimum Gasteiger partial charge on any atom is -0.348 e. The Labute approximate surface area is 186 Å². The Kier molecular flexibility index (Phi) is 5.90. The van der Waals surface area contributed by atoms with Crippen molar-refractivity contribution in [1.29, 1.82) is 0 Å². The van der Waals surface area contributed by atoms with Crippen molar-refractivity contribution in [2.75, 3.05) is 0 Å². The van der Waals surface area contributed by atoms with Crippen LogP contribution in [0.25, 0.3) is 22.3 Å². The number of rotatable bonds is 6. The zero-order valence-corrected chi connectivity index (χ0v) is 18.8. The van der Waals surface area contributed by atoms with Gasteiger partial charge in [0.1, 0.15) is 0 Å². The Morgan fingerprint density at radius 3 is 2.53 bits per heavy atom. The number of aryl methyl sites for hydroxylation is 4. The van der Waals surface area contributed by atoms with E-state index in [1.54, 1.807) is 18.5 Å². The second-order valence-corrected chi connectivity index (χ2v) is 8.12. The normalized spacial score (nSPS) is 11.1. The first-order valence-electron chi connectivity index (χ1n) is 10.8. The maximum Gasteiger partial charge on any atom is 0.253 e. The van der Waals surface area contributed by atoms with Gasteiger partial charge in [-0.3, -0.25) is 9.59 Å². The summed E-state index contributed by atoms with van der Waals surface area (Å²) in [7, 11) is 0. The van der Waals surface area contributed by atoms with Crippen LogP contribution < -0.4 is 10.9 Å². The monoisotopic (exact) mass is 429 g/mol. The number of nitrogens with zero attached hydrogens (tertiary/aromatic N) is 3. The Balaban J connectivity index is 1.78. The lowest BCUT2D eigenvalue weighted by Gasteiger charge is -2.12. The Morgan fingerprint density at radius 1 is 1.09 bits per heavy atom. The average molecular weight is 430 g/mol. The number of aromatic nitrogens is 4. The van der Waals surface area contributed by atoms with E-state index in [9.17, 15) is 9.59 Å². The molecule has 0 unspecified atom stereocenters. The smallest absolute Gasteiger partial charge is 0.253 e. The number of benzene rings is 1. The van der Waals surface area contributed by atoms with Gasteiger partial charge in [-0.2, -0.15) is 0 Å². The zero-order chi connectivity index (χ0) is 22.8. The van der Waals surface area contributed by atoms with E-state index < -0.39 is 0 Å². The van der Waals surface area contributed by atoms with E-state index in [-0.39, 0.29) is 18.0 Å². The van der Waals surface area contributed by atoms with Gasteiger partial charge in [-0.05, 0) is 62.6 Å². The molecule has 3 heterocycles. The summed E-state index contributed by atoms with van der Waals surface area (Å²) in [6.07, 6.45) is 6.44. The summed E-state index contributed by atoms with van der Waals surface area (Å²) in [4.78, 5) is 37.3. The number of nitrogens with one attached hydrogen (secondary N) is 2. The summed E-state index contributed by atoms with van der Waals surface area (Å²) in [6.45, 7) is 8.86. The molecule has 0 spiro atoms. The summed E-state index contributed by atoms with van der Waals surface area (Å²) in [5, 5.41) is 3.85. The van der Waals surface area contributed by atoms with Crippen molar-refractivity contribution in [3.8, 4) is 11.4 Å². The molecule has 1 amide bonds. The molecule has 3 aromatic heterocycles. The van der Waals surface area contributed by atoms with E-state index in [0.717, 1.165) is 46.3 Å². The summed E-state index contributed by atoms with van der Waals surface area (Å²) < 4.78 is 2.17. The van der Waals surface area contributed by atoms with E-state index in [4.69, 9.17) is 0 Å². The molecule has 0 aliphatic heterocycles. The maximum atomic E-state index is 13.4. The molecular weight excluding hydrogens is 402 g/mol. The van der Waals surface area contributed by atoms with Crippen LogP contribution in [0.4, 0.5) is 0 Å². The Morgan fingerprint density at radius 2 is 1.84 bits per heavy atom. The number of hydrogen-bond donors (Lipinski definition) is 2. The molecule has 7 heteroatoms. The van der Waals surface area contributed by atoms with Gasteiger partial charge < -0.3 is 14.9 Å². The van der Waals surface area contributed by atoms with Gasteiger partial charge in [-0.15, -0.1) is 0 Å². The number of amides is 1. The van der Waals surface area contributed by atoms with Gasteiger partial charge >= 0.3 is 0 Å². The van der Waals surface area contributed by atoms with Gasteiger partial charge in [0.2, 0.25) is 0 Å². The van der Waals surface area contributed by atoms with Crippen LogP contribution in [0.15, 0.2) is 47.7 Å². The Bertz CT molecular complexity index is 1350. The topological polar surface area (TPSA) is 92.7 Å². The van der Waals surface area contributed by atoms with E-state index in [1.165, 1.54) is 0 Å². The quantitative estimate of drug-likeness (QED) is 0.484. The van der Waals surface area contributed by atoms with Crippen LogP contribution in [0.1, 0.15) is 46.1 Å². The number of carbonyl (C=O) groups is 1. The summed E-state index contributed by atoms with van der Waals surface area (Å²) >= 11 is 0. The van der Waals surface area contributed by atoms with Crippen LogP contribution in [0.5, 0.6) is 0 Å². The van der Waals surface area contributed by atoms with Gasteiger partial charge in [0.15, 0.2) is 5.82 Å². The predicted molar refractivity (Wildman–Crippen MR) is 126 cm³/mol. The second kappa shape index (κ2) is 8.78. The average Bonchev–Trinajstić information content (AvgIpc) is 3.08. The lowest BCUT2D eigenvalue weighted by atomic mass is 10.0. The second-order valence-electron chi connectivity index (χ2n) is 8.12. The largest absolute Gasteiger partial charge is 0.348 e. The first-order valence-corrected chi connectivity index (χ1v) is 10.8. The maximum absolute atomic E-state index is 13.4. The van der Waals surface area contributed by atoms with Crippen molar-refractivity contribution in [3.63, 3.8) is 0 Å². The summed E-state index contributed by atoms with van der Waals surface area (Å²) in [6, 6.07) is 7.55. The molecule has 0 fully saturated rings. The number of H-pyrrole nitrogens is 1. The molecule has 7 nitrogen and oxygen atoms in total. The fourth-order valence-electron chi connectivity index (χ4n) is 4.18. The van der Waals surface area contributed by atoms with Crippen molar-refractivity contribution in [1.82, 2.24) is 24.8 Å². The molecule has 1 aromatic carbocycles. The van der Waals surface area contributed by atoms with E-state index in [0.29, 0.717) is 17.0 Å². The van der Waals surface area contributed by atoms with Crippen LogP contribution in [0.2, 0.25) is 0 Å². The molecule has 4 aromatic rings. The van der Waals surface area contributed by atoms with Crippen LogP contribution >= 0.6 is 0 Å². The van der Waals surface area contributed by atoms with E-state index in [1.807, 2.05) is 39.0 Å². The molecule has 0 saturated heterocycles. The number of fused-ring (bicyclic) bond motifs is 1. The molecule has 2 N–H and O–H groups in total. The lowest BCUT2D eigenvalue weighted by Crippen LogP contribution is -2.28. The highest BCUT2D eigenvalue weighted by Crippen LogP contribution is 2.30. The van der Waals surface area contributed by atoms with Gasteiger partial charge in [-0.25, -0.2) is 9.97 Å². The molecule has 164 valence electrons. The minimum absolute atomic E-state index is 0.155. The third-order valence-electron chi connectivity index (χ3n) is 5.62. The van der Waals surface area contributed by atoms with Crippen LogP contribution in [0.3, 0.4) is 0 Å². The van der Waals surface area contributed by atoms with E-state index >= 15 is 0 Å². The molecule has 0 aliphatic rings. The standard InChI is InChI=1S/C25H27N5O2/c1-5-9-30-14-16(3)22-19(11-18(12-21(22)30)23-26-7-6-8-27-23)24(31)28-13-20-15(2)10-17(4)29-25(20)32/h6-8,10-12,14H,5,9,13H2,1-4H3,(H,28,31)(H,29,32). The third kappa shape index (κ3) is 4.06. The predicted octanol–water partition coefficient (Wildman–Crippen LogP) is 4.05. The van der Waals surface area contributed by atoms with Gasteiger partial charge in [0.25, 0.3) is 11.5 Å². The first-order chi connectivity index (χ1) is 15.4. The highest BCUT2D eigenvalue weighted by molar-refractivity contribution is 6.09.